The van der Waals surface area contributed by atoms with Gasteiger partial charge >= 0.3 is 5.97 Å². The van der Waals surface area contributed by atoms with Crippen LogP contribution < -0.4 is 0 Å². The minimum Gasteiger partial charge on any atom is -0.507 e. The highest BCUT2D eigenvalue weighted by molar-refractivity contribution is 5.92. The maximum absolute atomic E-state index is 12.4. The van der Waals surface area contributed by atoms with Crippen molar-refractivity contribution in [3.8, 4) is 5.75 Å². The summed E-state index contributed by atoms with van der Waals surface area (Å²) in [4.78, 5) is 12.4. The molecule has 0 radical (unpaired) electrons. The summed E-state index contributed by atoms with van der Waals surface area (Å²) in [5.41, 5.74) is 0.271. The second-order valence-corrected chi connectivity index (χ2v) is 8.01. The summed E-state index contributed by atoms with van der Waals surface area (Å²) in [5, 5.41) is 9.89. The fourth-order valence-corrected chi connectivity index (χ4v) is 3.60. The second-order valence-electron chi connectivity index (χ2n) is 8.01. The molecule has 1 rings (SSSR count). The summed E-state index contributed by atoms with van der Waals surface area (Å²) < 4.78 is 5.77. The van der Waals surface area contributed by atoms with Gasteiger partial charge < -0.3 is 9.84 Å². The van der Waals surface area contributed by atoms with Gasteiger partial charge in [-0.05, 0) is 37.8 Å². The van der Waals surface area contributed by atoms with Gasteiger partial charge in [0.1, 0.15) is 17.4 Å². The fourth-order valence-electron chi connectivity index (χ4n) is 3.60. The van der Waals surface area contributed by atoms with Crippen LogP contribution in [0.2, 0.25) is 0 Å². The lowest BCUT2D eigenvalue weighted by Crippen LogP contribution is -2.18. The molecule has 0 heterocycles. The molecule has 0 saturated heterocycles. The SMILES string of the molecule is CCCCCCCCCCCC(CCCCCC)OC(=O)c1ccccc1O. The molecule has 0 bridgehead atoms. The topological polar surface area (TPSA) is 46.5 Å². The van der Waals surface area contributed by atoms with Gasteiger partial charge in [0, 0.05) is 0 Å². The molecular weight excluding hydrogens is 348 g/mol. The Balaban J connectivity index is 2.34. The third kappa shape index (κ3) is 11.4. The Labute approximate surface area is 172 Å². The molecule has 0 spiro atoms. The first-order valence-electron chi connectivity index (χ1n) is 11.7. The molecule has 0 fully saturated rings. The zero-order valence-electron chi connectivity index (χ0n) is 18.3. The lowest BCUT2D eigenvalue weighted by Gasteiger charge is -2.18. The van der Waals surface area contributed by atoms with Crippen LogP contribution in [0.3, 0.4) is 0 Å². The minimum absolute atomic E-state index is 0.000283. The highest BCUT2D eigenvalue weighted by atomic mass is 16.5. The number of para-hydroxylation sites is 1. The van der Waals surface area contributed by atoms with E-state index in [9.17, 15) is 9.90 Å². The van der Waals surface area contributed by atoms with Gasteiger partial charge in [-0.2, -0.15) is 0 Å². The van der Waals surface area contributed by atoms with Crippen LogP contribution in [-0.2, 0) is 4.74 Å². The summed E-state index contributed by atoms with van der Waals surface area (Å²) >= 11 is 0. The summed E-state index contributed by atoms with van der Waals surface area (Å²) in [6.07, 6.45) is 18.3. The molecule has 1 aromatic rings. The highest BCUT2D eigenvalue weighted by Crippen LogP contribution is 2.21. The number of carbonyl (C=O) groups excluding carboxylic acids is 1. The molecule has 28 heavy (non-hydrogen) atoms. The molecule has 0 aliphatic rings. The number of phenols is 1. The van der Waals surface area contributed by atoms with E-state index in [2.05, 4.69) is 13.8 Å². The summed E-state index contributed by atoms with van der Waals surface area (Å²) in [6.45, 7) is 4.46. The molecule has 0 amide bonds. The van der Waals surface area contributed by atoms with Crippen molar-refractivity contribution >= 4 is 5.97 Å². The van der Waals surface area contributed by atoms with E-state index in [4.69, 9.17) is 4.74 Å². The smallest absolute Gasteiger partial charge is 0.342 e. The lowest BCUT2D eigenvalue weighted by molar-refractivity contribution is 0.0246. The number of hydrogen-bond donors (Lipinski definition) is 1. The van der Waals surface area contributed by atoms with E-state index in [1.807, 2.05) is 0 Å². The molecule has 0 aromatic heterocycles. The maximum atomic E-state index is 12.4. The van der Waals surface area contributed by atoms with Gasteiger partial charge in [0.25, 0.3) is 0 Å². The second kappa shape index (κ2) is 16.4. The molecule has 3 heteroatoms. The van der Waals surface area contributed by atoms with Crippen LogP contribution in [-0.4, -0.2) is 17.2 Å². The van der Waals surface area contributed by atoms with Crippen LogP contribution in [0.1, 0.15) is 121 Å². The highest BCUT2D eigenvalue weighted by Gasteiger charge is 2.18. The van der Waals surface area contributed by atoms with E-state index < -0.39 is 5.97 Å². The van der Waals surface area contributed by atoms with Crippen molar-refractivity contribution in [3.05, 3.63) is 29.8 Å². The van der Waals surface area contributed by atoms with E-state index in [0.29, 0.717) is 0 Å². The monoisotopic (exact) mass is 390 g/mol. The van der Waals surface area contributed by atoms with Crippen LogP contribution in [0.25, 0.3) is 0 Å². The Morgan fingerprint density at radius 2 is 1.25 bits per heavy atom. The van der Waals surface area contributed by atoms with Crippen molar-refractivity contribution in [2.24, 2.45) is 0 Å². The molecule has 1 aromatic carbocycles. The summed E-state index contributed by atoms with van der Waals surface area (Å²) in [5.74, 6) is -0.394. The predicted molar refractivity (Wildman–Crippen MR) is 118 cm³/mol. The molecule has 0 aliphatic carbocycles. The first-order valence-corrected chi connectivity index (χ1v) is 11.7. The first-order chi connectivity index (χ1) is 13.7. The Hall–Kier alpha value is -1.51. The maximum Gasteiger partial charge on any atom is 0.342 e. The lowest BCUT2D eigenvalue weighted by atomic mass is 10.0. The van der Waals surface area contributed by atoms with Crippen molar-refractivity contribution < 1.29 is 14.6 Å². The van der Waals surface area contributed by atoms with E-state index in [0.717, 1.165) is 25.7 Å². The average molecular weight is 391 g/mol. The van der Waals surface area contributed by atoms with E-state index in [1.165, 1.54) is 76.7 Å². The molecule has 0 saturated carbocycles. The number of carbonyl (C=O) groups is 1. The molecule has 1 N–H and O–H groups in total. The first kappa shape index (κ1) is 24.5. The number of ether oxygens (including phenoxy) is 1. The average Bonchev–Trinajstić information content (AvgIpc) is 2.70. The van der Waals surface area contributed by atoms with Crippen molar-refractivity contribution in [1.82, 2.24) is 0 Å². The Morgan fingerprint density at radius 3 is 1.79 bits per heavy atom. The van der Waals surface area contributed by atoms with Gasteiger partial charge in [-0.15, -0.1) is 0 Å². The number of phenolic OH excluding ortho intramolecular Hbond substituents is 1. The van der Waals surface area contributed by atoms with Crippen molar-refractivity contribution in [1.29, 1.82) is 0 Å². The number of aromatic hydroxyl groups is 1. The largest absolute Gasteiger partial charge is 0.507 e. The number of esters is 1. The van der Waals surface area contributed by atoms with Gasteiger partial charge in [0.2, 0.25) is 0 Å². The Bertz CT molecular complexity index is 512. The molecular formula is C25H42O3. The summed E-state index contributed by atoms with van der Waals surface area (Å²) in [6, 6.07) is 6.64. The van der Waals surface area contributed by atoms with Crippen LogP contribution in [0.15, 0.2) is 24.3 Å². The molecule has 1 unspecified atom stereocenters. The van der Waals surface area contributed by atoms with Crippen molar-refractivity contribution in [2.45, 2.75) is 116 Å². The minimum atomic E-state index is -0.394. The van der Waals surface area contributed by atoms with Crippen LogP contribution >= 0.6 is 0 Å². The number of hydrogen-bond acceptors (Lipinski definition) is 3. The van der Waals surface area contributed by atoms with Crippen molar-refractivity contribution in [3.63, 3.8) is 0 Å². The van der Waals surface area contributed by atoms with Crippen LogP contribution in [0, 0.1) is 0 Å². The fraction of sp³-hybridized carbons (Fsp3) is 0.720. The van der Waals surface area contributed by atoms with Gasteiger partial charge in [0.15, 0.2) is 0 Å². The number of unbranched alkanes of at least 4 members (excludes halogenated alkanes) is 11. The molecule has 3 nitrogen and oxygen atoms in total. The predicted octanol–water partition coefficient (Wildman–Crippen LogP) is 7.81. The van der Waals surface area contributed by atoms with Gasteiger partial charge in [-0.3, -0.25) is 0 Å². The van der Waals surface area contributed by atoms with Crippen LogP contribution in [0.5, 0.6) is 5.75 Å². The summed E-state index contributed by atoms with van der Waals surface area (Å²) in [7, 11) is 0. The molecule has 0 aliphatic heterocycles. The van der Waals surface area contributed by atoms with Gasteiger partial charge in [0.05, 0.1) is 0 Å². The zero-order chi connectivity index (χ0) is 20.5. The van der Waals surface area contributed by atoms with E-state index in [1.54, 1.807) is 18.2 Å². The molecule has 160 valence electrons. The van der Waals surface area contributed by atoms with E-state index in [-0.39, 0.29) is 17.4 Å². The Morgan fingerprint density at radius 1 is 0.786 bits per heavy atom. The van der Waals surface area contributed by atoms with E-state index >= 15 is 0 Å². The third-order valence-corrected chi connectivity index (χ3v) is 5.41. The quantitative estimate of drug-likeness (QED) is 0.218. The Kier molecular flexibility index (Phi) is 14.4. The van der Waals surface area contributed by atoms with Crippen LogP contribution in [0.4, 0.5) is 0 Å². The number of benzene rings is 1. The standard InChI is InChI=1S/C25H42O3/c1-3-5-7-9-10-11-12-13-15-19-22(18-14-8-6-4-2)28-25(27)23-20-16-17-21-24(23)26/h16-17,20-22,26H,3-15,18-19H2,1-2H3. The van der Waals surface area contributed by atoms with Gasteiger partial charge in [-0.25, -0.2) is 4.79 Å². The van der Waals surface area contributed by atoms with Crippen molar-refractivity contribution in [2.75, 3.05) is 0 Å². The normalized spacial score (nSPS) is 12.1. The van der Waals surface area contributed by atoms with Gasteiger partial charge in [-0.1, -0.05) is 96.6 Å². The zero-order valence-corrected chi connectivity index (χ0v) is 18.3. The third-order valence-electron chi connectivity index (χ3n) is 5.41. The molecule has 1 atom stereocenters. The number of rotatable bonds is 17.